The maximum absolute atomic E-state index is 14.5. The predicted octanol–water partition coefficient (Wildman–Crippen LogP) is 2.70. The van der Waals surface area contributed by atoms with Gasteiger partial charge in [0, 0.05) is 11.1 Å². The van der Waals surface area contributed by atoms with Crippen LogP contribution in [0.25, 0.3) is 11.1 Å². The maximum atomic E-state index is 14.5. The zero-order valence-electron chi connectivity index (χ0n) is 14.0. The smallest absolute Gasteiger partial charge is 0.339 e. The lowest BCUT2D eigenvalue weighted by Gasteiger charge is -2.10. The number of ether oxygens (including phenoxy) is 1. The van der Waals surface area contributed by atoms with Gasteiger partial charge in [-0.05, 0) is 31.5 Å². The van der Waals surface area contributed by atoms with E-state index in [1.165, 1.54) is 0 Å². The number of hydrogen-bond acceptors (Lipinski definition) is 4. The molecule has 1 aliphatic heterocycles. The van der Waals surface area contributed by atoms with Crippen LogP contribution < -0.4 is 5.14 Å². The third-order valence-electron chi connectivity index (χ3n) is 4.02. The number of esters is 1. The minimum atomic E-state index is -4.41. The summed E-state index contributed by atoms with van der Waals surface area (Å²) in [6.07, 6.45) is 0. The van der Waals surface area contributed by atoms with Crippen molar-refractivity contribution in [1.82, 2.24) is 0 Å². The molecule has 0 fully saturated rings. The van der Waals surface area contributed by atoms with E-state index >= 15 is 0 Å². The minimum absolute atomic E-state index is 0.124. The molecule has 0 atom stereocenters. The Hall–Kier alpha value is -2.58. The van der Waals surface area contributed by atoms with Crippen molar-refractivity contribution in [2.24, 2.45) is 5.14 Å². The molecule has 8 heteroatoms. The summed E-state index contributed by atoms with van der Waals surface area (Å²) < 4.78 is 56.3. The van der Waals surface area contributed by atoms with Crippen molar-refractivity contribution in [2.45, 2.75) is 18.7 Å². The highest BCUT2D eigenvalue weighted by Crippen LogP contribution is 2.36. The number of benzene rings is 2. The highest BCUT2D eigenvalue weighted by Gasteiger charge is 2.30. The van der Waals surface area contributed by atoms with E-state index in [9.17, 15) is 22.0 Å². The fourth-order valence-corrected chi connectivity index (χ4v) is 3.61. The summed E-state index contributed by atoms with van der Waals surface area (Å²) in [5.41, 5.74) is 2.34. The third kappa shape index (κ3) is 3.25. The van der Waals surface area contributed by atoms with Gasteiger partial charge in [-0.2, -0.15) is 0 Å². The molecular weight excluding hydrogens is 364 g/mol. The molecule has 0 aliphatic carbocycles. The van der Waals surface area contributed by atoms with E-state index in [0.717, 1.165) is 17.2 Å². The molecular formula is C18H15F2NO4S. The summed E-state index contributed by atoms with van der Waals surface area (Å²) in [6, 6.07) is 6.61. The van der Waals surface area contributed by atoms with Crippen molar-refractivity contribution in [1.29, 1.82) is 0 Å². The normalized spacial score (nSPS) is 14.7. The van der Waals surface area contributed by atoms with Gasteiger partial charge in [0.25, 0.3) is 0 Å². The van der Waals surface area contributed by atoms with E-state index < -0.39 is 32.5 Å². The second-order valence-electron chi connectivity index (χ2n) is 6.11. The van der Waals surface area contributed by atoms with Crippen LogP contribution >= 0.6 is 0 Å². The highest BCUT2D eigenvalue weighted by molar-refractivity contribution is 7.89. The molecule has 0 radical (unpaired) electrons. The summed E-state index contributed by atoms with van der Waals surface area (Å²) in [4.78, 5) is 11.2. The van der Waals surface area contributed by atoms with Gasteiger partial charge >= 0.3 is 5.97 Å². The first kappa shape index (κ1) is 18.2. The Balaban J connectivity index is 2.25. The molecule has 0 spiro atoms. The highest BCUT2D eigenvalue weighted by atomic mass is 32.2. The molecule has 0 unspecified atom stereocenters. The topological polar surface area (TPSA) is 86.5 Å². The quantitative estimate of drug-likeness (QED) is 0.831. The van der Waals surface area contributed by atoms with Crippen LogP contribution in [0.1, 0.15) is 22.3 Å². The van der Waals surface area contributed by atoms with Crippen LogP contribution in [-0.4, -0.2) is 21.0 Å². The van der Waals surface area contributed by atoms with Crippen LogP contribution in [0.15, 0.2) is 35.2 Å². The number of sulfonamides is 1. The summed E-state index contributed by atoms with van der Waals surface area (Å²) in [6.45, 7) is 3.45. The Morgan fingerprint density at radius 2 is 1.62 bits per heavy atom. The van der Waals surface area contributed by atoms with Gasteiger partial charge in [-0.3, -0.25) is 0 Å². The lowest BCUT2D eigenvalue weighted by Crippen LogP contribution is -2.15. The molecule has 2 aromatic rings. The van der Waals surface area contributed by atoms with E-state index in [1.807, 2.05) is 19.9 Å². The molecule has 0 bridgehead atoms. The predicted molar refractivity (Wildman–Crippen MR) is 91.4 cm³/mol. The fraction of sp³-hybridized carbons (Fsp3) is 0.167. The molecule has 0 amide bonds. The Morgan fingerprint density at radius 1 is 1.00 bits per heavy atom. The van der Waals surface area contributed by atoms with Gasteiger partial charge in [-0.1, -0.05) is 29.3 Å². The molecule has 3 rings (SSSR count). The molecule has 26 heavy (non-hydrogen) atoms. The van der Waals surface area contributed by atoms with Crippen molar-refractivity contribution in [2.75, 3.05) is 6.61 Å². The number of carbonyl (C=O) groups is 1. The first-order chi connectivity index (χ1) is 12.1. The summed E-state index contributed by atoms with van der Waals surface area (Å²) in [7, 11) is -4.41. The summed E-state index contributed by atoms with van der Waals surface area (Å²) in [5.74, 6) is -2.86. The number of carbonyl (C=O) groups excluding carboxylic acids is 1. The van der Waals surface area contributed by atoms with Gasteiger partial charge < -0.3 is 4.74 Å². The third-order valence-corrected chi connectivity index (χ3v) is 4.94. The van der Waals surface area contributed by atoms with Gasteiger partial charge in [0.05, 0.1) is 5.57 Å². The maximum Gasteiger partial charge on any atom is 0.339 e. The number of rotatable bonds is 3. The molecule has 0 aromatic heterocycles. The van der Waals surface area contributed by atoms with E-state index in [0.29, 0.717) is 11.6 Å². The van der Waals surface area contributed by atoms with Crippen molar-refractivity contribution in [3.63, 3.8) is 0 Å². The number of nitrogens with two attached hydrogens (primary N) is 1. The van der Waals surface area contributed by atoms with Gasteiger partial charge in [-0.25, -0.2) is 27.1 Å². The molecule has 0 saturated carbocycles. The van der Waals surface area contributed by atoms with Crippen molar-refractivity contribution < 1.29 is 26.7 Å². The van der Waals surface area contributed by atoms with Crippen LogP contribution in [0.5, 0.6) is 0 Å². The molecule has 2 N–H and O–H groups in total. The van der Waals surface area contributed by atoms with E-state index in [4.69, 9.17) is 9.88 Å². The SMILES string of the molecule is Cc1cc(C)cc(C2=C(c3cc(F)c(S(N)(=O)=O)cc3F)COC2=O)c1. The molecule has 1 aliphatic rings. The Labute approximate surface area is 149 Å². The van der Waals surface area contributed by atoms with Gasteiger partial charge in [0.1, 0.15) is 23.1 Å². The zero-order chi connectivity index (χ0) is 19.2. The average Bonchev–Trinajstić information content (AvgIpc) is 2.88. The van der Waals surface area contributed by atoms with E-state index in [2.05, 4.69) is 0 Å². The number of halogens is 2. The largest absolute Gasteiger partial charge is 0.457 e. The van der Waals surface area contributed by atoms with Crippen molar-refractivity contribution in [3.8, 4) is 0 Å². The lowest BCUT2D eigenvalue weighted by molar-refractivity contribution is -0.133. The average molecular weight is 379 g/mol. The summed E-state index contributed by atoms with van der Waals surface area (Å²) >= 11 is 0. The zero-order valence-corrected chi connectivity index (χ0v) is 14.8. The second kappa shape index (κ2) is 6.30. The standard InChI is InChI=1S/C18H15F2NO4S/c1-9-3-10(2)5-11(4-9)17-13(8-25-18(17)22)12-6-15(20)16(7-14(12)19)26(21,23)24/h3-7H,8H2,1-2H3,(H2,21,23,24). The molecule has 1 heterocycles. The summed E-state index contributed by atoms with van der Waals surface area (Å²) in [5, 5.41) is 4.88. The minimum Gasteiger partial charge on any atom is -0.457 e. The first-order valence-electron chi connectivity index (χ1n) is 7.59. The van der Waals surface area contributed by atoms with E-state index in [-0.39, 0.29) is 23.3 Å². The van der Waals surface area contributed by atoms with Gasteiger partial charge in [-0.15, -0.1) is 0 Å². The molecule has 136 valence electrons. The lowest BCUT2D eigenvalue weighted by atomic mass is 9.94. The van der Waals surface area contributed by atoms with Crippen molar-refractivity contribution >= 4 is 27.1 Å². The number of primary sulfonamides is 1. The van der Waals surface area contributed by atoms with Crippen LogP contribution in [-0.2, 0) is 19.6 Å². The fourth-order valence-electron chi connectivity index (χ4n) is 3.01. The van der Waals surface area contributed by atoms with Crippen LogP contribution in [0, 0.1) is 25.5 Å². The Bertz CT molecular complexity index is 1050. The van der Waals surface area contributed by atoms with Gasteiger partial charge in [0.2, 0.25) is 10.0 Å². The number of hydrogen-bond donors (Lipinski definition) is 1. The van der Waals surface area contributed by atoms with E-state index in [1.54, 1.807) is 12.1 Å². The number of aryl methyl sites for hydroxylation is 2. The Kier molecular flexibility index (Phi) is 4.41. The Morgan fingerprint density at radius 3 is 2.19 bits per heavy atom. The molecule has 2 aromatic carbocycles. The van der Waals surface area contributed by atoms with Crippen LogP contribution in [0.3, 0.4) is 0 Å². The second-order valence-corrected chi connectivity index (χ2v) is 7.64. The molecule has 0 saturated heterocycles. The van der Waals surface area contributed by atoms with Crippen LogP contribution in [0.4, 0.5) is 8.78 Å². The monoisotopic (exact) mass is 379 g/mol. The molecule has 5 nitrogen and oxygen atoms in total. The first-order valence-corrected chi connectivity index (χ1v) is 9.13. The number of cyclic esters (lactones) is 1. The van der Waals surface area contributed by atoms with Crippen LogP contribution in [0.2, 0.25) is 0 Å². The van der Waals surface area contributed by atoms with Gasteiger partial charge in [0.15, 0.2) is 0 Å². The van der Waals surface area contributed by atoms with Crippen molar-refractivity contribution in [3.05, 3.63) is 64.2 Å².